The number of aromatic amines is 1. The molecule has 0 aliphatic heterocycles. The SMILES string of the molecule is CCOCc1nc(=S)cc(-c2ccc(F)cc2C)[nH]1. The van der Waals surface area contributed by atoms with Crippen molar-refractivity contribution < 1.29 is 9.13 Å². The highest BCUT2D eigenvalue weighted by Crippen LogP contribution is 2.22. The zero-order chi connectivity index (χ0) is 13.8. The van der Waals surface area contributed by atoms with Crippen LogP contribution in [0.4, 0.5) is 4.39 Å². The van der Waals surface area contributed by atoms with Gasteiger partial charge in [-0.1, -0.05) is 12.2 Å². The molecular weight excluding hydrogens is 263 g/mol. The molecule has 2 aromatic rings. The van der Waals surface area contributed by atoms with E-state index in [2.05, 4.69) is 9.97 Å². The van der Waals surface area contributed by atoms with E-state index in [9.17, 15) is 4.39 Å². The zero-order valence-electron chi connectivity index (χ0n) is 10.9. The molecule has 0 bridgehead atoms. The van der Waals surface area contributed by atoms with E-state index in [1.165, 1.54) is 12.1 Å². The maximum atomic E-state index is 13.1. The zero-order valence-corrected chi connectivity index (χ0v) is 11.7. The minimum atomic E-state index is -0.247. The highest BCUT2D eigenvalue weighted by molar-refractivity contribution is 7.71. The van der Waals surface area contributed by atoms with Gasteiger partial charge in [-0.2, -0.15) is 0 Å². The molecular formula is C14H15FN2OS. The average Bonchev–Trinajstić information content (AvgIpc) is 2.35. The number of H-pyrrole nitrogens is 1. The van der Waals surface area contributed by atoms with Crippen molar-refractivity contribution in [2.75, 3.05) is 6.61 Å². The molecule has 1 heterocycles. The quantitative estimate of drug-likeness (QED) is 0.865. The van der Waals surface area contributed by atoms with Crippen LogP contribution in [0.15, 0.2) is 24.3 Å². The van der Waals surface area contributed by atoms with E-state index in [-0.39, 0.29) is 5.82 Å². The normalized spacial score (nSPS) is 10.7. The van der Waals surface area contributed by atoms with Crippen LogP contribution < -0.4 is 0 Å². The topological polar surface area (TPSA) is 37.9 Å². The first-order valence-corrected chi connectivity index (χ1v) is 6.45. The van der Waals surface area contributed by atoms with Gasteiger partial charge in [-0.15, -0.1) is 0 Å². The lowest BCUT2D eigenvalue weighted by Crippen LogP contribution is -2.01. The predicted octanol–water partition coefficient (Wildman–Crippen LogP) is 3.79. The molecule has 2 rings (SSSR count). The third-order valence-corrected chi connectivity index (χ3v) is 2.92. The van der Waals surface area contributed by atoms with Crippen LogP contribution in [0.5, 0.6) is 0 Å². The number of nitrogens with zero attached hydrogens (tertiary/aromatic N) is 1. The Kier molecular flexibility index (Phi) is 4.39. The van der Waals surface area contributed by atoms with Crippen LogP contribution in [0.25, 0.3) is 11.3 Å². The number of ether oxygens (including phenoxy) is 1. The maximum Gasteiger partial charge on any atom is 0.134 e. The summed E-state index contributed by atoms with van der Waals surface area (Å²) < 4.78 is 18.9. The van der Waals surface area contributed by atoms with Crippen molar-refractivity contribution in [3.63, 3.8) is 0 Å². The Labute approximate surface area is 116 Å². The van der Waals surface area contributed by atoms with Gasteiger partial charge in [0.2, 0.25) is 0 Å². The van der Waals surface area contributed by atoms with Crippen molar-refractivity contribution in [2.24, 2.45) is 0 Å². The summed E-state index contributed by atoms with van der Waals surface area (Å²) >= 11 is 5.15. The Morgan fingerprint density at radius 3 is 2.84 bits per heavy atom. The molecule has 0 saturated heterocycles. The van der Waals surface area contributed by atoms with Gasteiger partial charge in [0.25, 0.3) is 0 Å². The minimum Gasteiger partial charge on any atom is -0.374 e. The second-order valence-electron chi connectivity index (χ2n) is 4.18. The summed E-state index contributed by atoms with van der Waals surface area (Å²) in [5, 5.41) is 0. The van der Waals surface area contributed by atoms with Crippen LogP contribution in [0.1, 0.15) is 18.3 Å². The van der Waals surface area contributed by atoms with Gasteiger partial charge in [0.05, 0.1) is 5.69 Å². The highest BCUT2D eigenvalue weighted by Gasteiger charge is 2.06. The number of hydrogen-bond donors (Lipinski definition) is 1. The Bertz CT molecular complexity index is 640. The van der Waals surface area contributed by atoms with E-state index in [0.717, 1.165) is 16.8 Å². The lowest BCUT2D eigenvalue weighted by molar-refractivity contribution is 0.128. The van der Waals surface area contributed by atoms with Gasteiger partial charge >= 0.3 is 0 Å². The van der Waals surface area contributed by atoms with Gasteiger partial charge in [0, 0.05) is 12.2 Å². The highest BCUT2D eigenvalue weighted by atomic mass is 32.1. The summed E-state index contributed by atoms with van der Waals surface area (Å²) in [6.45, 7) is 4.77. The lowest BCUT2D eigenvalue weighted by Gasteiger charge is -2.09. The van der Waals surface area contributed by atoms with Gasteiger partial charge < -0.3 is 9.72 Å². The number of rotatable bonds is 4. The summed E-state index contributed by atoms with van der Waals surface area (Å²) in [6, 6.07) is 6.43. The molecule has 0 saturated carbocycles. The monoisotopic (exact) mass is 278 g/mol. The van der Waals surface area contributed by atoms with Gasteiger partial charge in [0.15, 0.2) is 0 Å². The molecule has 0 aliphatic carbocycles. The van der Waals surface area contributed by atoms with Crippen molar-refractivity contribution in [1.29, 1.82) is 0 Å². The first-order chi connectivity index (χ1) is 9.10. The fraction of sp³-hybridized carbons (Fsp3) is 0.286. The maximum absolute atomic E-state index is 13.1. The summed E-state index contributed by atoms with van der Waals surface area (Å²) in [5.41, 5.74) is 2.58. The second kappa shape index (κ2) is 6.04. The van der Waals surface area contributed by atoms with Crippen molar-refractivity contribution in [1.82, 2.24) is 9.97 Å². The van der Waals surface area contributed by atoms with Crippen LogP contribution >= 0.6 is 12.2 Å². The first-order valence-electron chi connectivity index (χ1n) is 6.04. The van der Waals surface area contributed by atoms with Crippen LogP contribution in [-0.2, 0) is 11.3 Å². The van der Waals surface area contributed by atoms with E-state index in [4.69, 9.17) is 17.0 Å². The largest absolute Gasteiger partial charge is 0.374 e. The van der Waals surface area contributed by atoms with E-state index in [0.29, 0.717) is 23.7 Å². The van der Waals surface area contributed by atoms with Gasteiger partial charge in [-0.3, -0.25) is 0 Å². The first kappa shape index (κ1) is 13.8. The van der Waals surface area contributed by atoms with Crippen LogP contribution in [0.3, 0.4) is 0 Å². The predicted molar refractivity (Wildman–Crippen MR) is 74.9 cm³/mol. The van der Waals surface area contributed by atoms with Gasteiger partial charge in [0.1, 0.15) is 22.9 Å². The van der Waals surface area contributed by atoms with Crippen LogP contribution in [0, 0.1) is 17.4 Å². The van der Waals surface area contributed by atoms with Crippen LogP contribution in [0.2, 0.25) is 0 Å². The molecule has 19 heavy (non-hydrogen) atoms. The van der Waals surface area contributed by atoms with Crippen LogP contribution in [-0.4, -0.2) is 16.6 Å². The molecule has 0 atom stereocenters. The van der Waals surface area contributed by atoms with Gasteiger partial charge in [-0.25, -0.2) is 9.37 Å². The minimum absolute atomic E-state index is 0.247. The summed E-state index contributed by atoms with van der Waals surface area (Å²) in [6.07, 6.45) is 0. The van der Waals surface area contributed by atoms with Crippen molar-refractivity contribution >= 4 is 12.2 Å². The molecule has 0 unspecified atom stereocenters. The van der Waals surface area contributed by atoms with E-state index >= 15 is 0 Å². The molecule has 0 aliphatic rings. The molecule has 100 valence electrons. The second-order valence-corrected chi connectivity index (χ2v) is 4.59. The average molecular weight is 278 g/mol. The summed E-state index contributed by atoms with van der Waals surface area (Å²) in [4.78, 5) is 7.38. The number of hydrogen-bond acceptors (Lipinski definition) is 3. The van der Waals surface area contributed by atoms with Crippen molar-refractivity contribution in [3.8, 4) is 11.3 Å². The molecule has 0 radical (unpaired) electrons. The molecule has 3 nitrogen and oxygen atoms in total. The molecule has 1 N–H and O–H groups in total. The van der Waals surface area contributed by atoms with E-state index in [1.54, 1.807) is 12.1 Å². The molecule has 5 heteroatoms. The van der Waals surface area contributed by atoms with E-state index in [1.807, 2.05) is 13.8 Å². The Morgan fingerprint density at radius 1 is 1.37 bits per heavy atom. The standard InChI is InChI=1S/C14H15FN2OS/c1-3-18-8-13-16-12(7-14(19)17-13)11-5-4-10(15)6-9(11)2/h4-7H,3,8H2,1-2H3,(H,16,17,19). The molecule has 1 aromatic heterocycles. The number of halogens is 1. The number of benzene rings is 1. The number of nitrogens with one attached hydrogen (secondary N) is 1. The van der Waals surface area contributed by atoms with Crippen molar-refractivity contribution in [3.05, 3.63) is 46.1 Å². The number of aromatic nitrogens is 2. The lowest BCUT2D eigenvalue weighted by atomic mass is 10.1. The smallest absolute Gasteiger partial charge is 0.134 e. The third-order valence-electron chi connectivity index (χ3n) is 2.71. The van der Waals surface area contributed by atoms with Gasteiger partial charge in [-0.05, 0) is 43.7 Å². The Balaban J connectivity index is 2.44. The fourth-order valence-corrected chi connectivity index (χ4v) is 2.08. The summed E-state index contributed by atoms with van der Waals surface area (Å²) in [7, 11) is 0. The van der Waals surface area contributed by atoms with E-state index < -0.39 is 0 Å². The Hall–Kier alpha value is -1.59. The van der Waals surface area contributed by atoms with Crippen molar-refractivity contribution in [2.45, 2.75) is 20.5 Å². The Morgan fingerprint density at radius 2 is 2.16 bits per heavy atom. The molecule has 1 aromatic carbocycles. The number of aryl methyl sites for hydroxylation is 1. The molecule has 0 spiro atoms. The third kappa shape index (κ3) is 3.45. The summed E-state index contributed by atoms with van der Waals surface area (Å²) in [5.74, 6) is 0.427. The molecule has 0 amide bonds. The molecule has 0 fully saturated rings. The fourth-order valence-electron chi connectivity index (χ4n) is 1.85.